The monoisotopic (exact) mass is 403 g/mol. The van der Waals surface area contributed by atoms with Crippen LogP contribution < -0.4 is 16.6 Å². The molecule has 10 nitrogen and oxygen atoms in total. The van der Waals surface area contributed by atoms with Gasteiger partial charge >= 0.3 is 0 Å². The number of aromatic hydroxyl groups is 1. The van der Waals surface area contributed by atoms with Crippen LogP contribution in [0.1, 0.15) is 32.2 Å². The fourth-order valence-corrected chi connectivity index (χ4v) is 2.24. The molecule has 2 heterocycles. The fraction of sp³-hybridized carbons (Fsp3) is 0. The number of rotatable bonds is 6. The predicted molar refractivity (Wildman–Crippen MR) is 110 cm³/mol. The molecule has 3 aromatic rings. The van der Waals surface area contributed by atoms with Crippen molar-refractivity contribution in [3.05, 3.63) is 89.5 Å². The smallest absolute Gasteiger partial charge is 0.290 e. The summed E-state index contributed by atoms with van der Waals surface area (Å²) in [7, 11) is 0. The molecule has 0 bridgehead atoms. The van der Waals surface area contributed by atoms with E-state index < -0.39 is 11.8 Å². The van der Waals surface area contributed by atoms with E-state index in [4.69, 9.17) is 5.73 Å². The molecule has 0 atom stereocenters. The number of phenols is 1. The highest BCUT2D eigenvalue weighted by molar-refractivity contribution is 5.99. The molecule has 10 heteroatoms. The lowest BCUT2D eigenvalue weighted by Gasteiger charge is -2.04. The third kappa shape index (κ3) is 5.23. The molecule has 0 aliphatic carbocycles. The van der Waals surface area contributed by atoms with Crippen molar-refractivity contribution < 1.29 is 14.7 Å². The number of para-hydroxylation sites is 1. The topological polar surface area (TPSA) is 155 Å². The molecule has 0 radical (unpaired) electrons. The zero-order valence-electron chi connectivity index (χ0n) is 15.6. The lowest BCUT2D eigenvalue weighted by molar-refractivity contribution is 0.0945. The Kier molecular flexibility index (Phi) is 6.41. The third-order valence-corrected chi connectivity index (χ3v) is 3.73. The number of carbonyl (C=O) groups is 2. The Morgan fingerprint density at radius 1 is 0.900 bits per heavy atom. The number of hydrogen-bond acceptors (Lipinski definition) is 7. The summed E-state index contributed by atoms with van der Waals surface area (Å²) < 4.78 is 0. The summed E-state index contributed by atoms with van der Waals surface area (Å²) in [6, 6.07) is 16.0. The Morgan fingerprint density at radius 3 is 2.27 bits per heavy atom. The van der Waals surface area contributed by atoms with Gasteiger partial charge in [0.25, 0.3) is 11.8 Å². The van der Waals surface area contributed by atoms with Crippen molar-refractivity contribution in [2.24, 2.45) is 15.9 Å². The van der Waals surface area contributed by atoms with Gasteiger partial charge in [0.15, 0.2) is 5.84 Å². The summed E-state index contributed by atoms with van der Waals surface area (Å²) >= 11 is 0. The molecular formula is C20H17N7O3. The van der Waals surface area contributed by atoms with Gasteiger partial charge in [0.1, 0.15) is 22.8 Å². The number of nitrogens with two attached hydrogens (primary N) is 1. The van der Waals surface area contributed by atoms with E-state index in [1.807, 2.05) is 0 Å². The summed E-state index contributed by atoms with van der Waals surface area (Å²) in [5, 5.41) is 17.2. The number of benzene rings is 1. The molecule has 3 rings (SSSR count). The van der Waals surface area contributed by atoms with Crippen molar-refractivity contribution in [3.8, 4) is 5.75 Å². The van der Waals surface area contributed by atoms with Gasteiger partial charge in [-0.1, -0.05) is 24.3 Å². The van der Waals surface area contributed by atoms with Crippen molar-refractivity contribution in [3.63, 3.8) is 0 Å². The van der Waals surface area contributed by atoms with Crippen LogP contribution in [0.3, 0.4) is 0 Å². The summed E-state index contributed by atoms with van der Waals surface area (Å²) in [4.78, 5) is 32.5. The summed E-state index contributed by atoms with van der Waals surface area (Å²) in [6.45, 7) is 0. The maximum Gasteiger partial charge on any atom is 0.290 e. The SMILES string of the molecule is N/C(=N\NC(=O)c1cccc(C(=O)N/N=C/c2ccccc2O)n1)c1ccccn1. The van der Waals surface area contributed by atoms with Gasteiger partial charge in [-0.15, -0.1) is 0 Å². The molecule has 30 heavy (non-hydrogen) atoms. The molecule has 150 valence electrons. The van der Waals surface area contributed by atoms with Crippen LogP contribution in [0.2, 0.25) is 0 Å². The Morgan fingerprint density at radius 2 is 1.57 bits per heavy atom. The second-order valence-electron chi connectivity index (χ2n) is 5.82. The van der Waals surface area contributed by atoms with Gasteiger partial charge < -0.3 is 10.8 Å². The van der Waals surface area contributed by atoms with Crippen LogP contribution >= 0.6 is 0 Å². The molecule has 0 aliphatic heterocycles. The van der Waals surface area contributed by atoms with E-state index in [0.717, 1.165) is 0 Å². The largest absolute Gasteiger partial charge is 0.507 e. The maximum absolute atomic E-state index is 12.2. The Labute approximate surface area is 171 Å². The highest BCUT2D eigenvalue weighted by atomic mass is 16.3. The van der Waals surface area contributed by atoms with E-state index in [9.17, 15) is 14.7 Å². The Bertz CT molecular complexity index is 1110. The van der Waals surface area contributed by atoms with Crippen LogP contribution in [-0.4, -0.2) is 38.9 Å². The van der Waals surface area contributed by atoms with Crippen LogP contribution in [0.15, 0.2) is 77.1 Å². The first-order valence-electron chi connectivity index (χ1n) is 8.68. The van der Waals surface area contributed by atoms with Crippen molar-refractivity contribution in [2.45, 2.75) is 0 Å². The number of amides is 2. The average Bonchev–Trinajstić information content (AvgIpc) is 2.79. The number of carbonyl (C=O) groups excluding carboxylic acids is 2. The van der Waals surface area contributed by atoms with Crippen molar-refractivity contribution in [1.82, 2.24) is 20.8 Å². The van der Waals surface area contributed by atoms with E-state index in [2.05, 4.69) is 31.0 Å². The normalized spacial score (nSPS) is 11.3. The quantitative estimate of drug-likeness (QED) is 0.273. The van der Waals surface area contributed by atoms with Gasteiger partial charge in [-0.3, -0.25) is 14.6 Å². The fourth-order valence-electron chi connectivity index (χ4n) is 2.24. The number of aromatic nitrogens is 2. The zero-order valence-corrected chi connectivity index (χ0v) is 15.6. The van der Waals surface area contributed by atoms with Gasteiger partial charge in [-0.25, -0.2) is 15.8 Å². The number of amidine groups is 1. The Hall–Kier alpha value is -4.60. The number of hydrogen-bond donors (Lipinski definition) is 4. The van der Waals surface area contributed by atoms with E-state index in [-0.39, 0.29) is 23.0 Å². The van der Waals surface area contributed by atoms with E-state index in [0.29, 0.717) is 11.3 Å². The molecule has 0 saturated carbocycles. The standard InChI is InChI=1S/C20H17N7O3/c21-18(14-7-3-4-11-22-14)25-27-20(30)16-9-5-8-15(24-16)19(29)26-23-12-13-6-1-2-10-17(13)28/h1-12,28H,(H2,21,25)(H,26,29)(H,27,30)/b23-12+. The lowest BCUT2D eigenvalue weighted by atomic mass is 10.2. The van der Waals surface area contributed by atoms with Crippen molar-refractivity contribution >= 4 is 23.9 Å². The zero-order chi connectivity index (χ0) is 21.3. The summed E-state index contributed by atoms with van der Waals surface area (Å²) in [6.07, 6.45) is 2.84. The van der Waals surface area contributed by atoms with E-state index in [1.165, 1.54) is 30.5 Å². The Balaban J connectivity index is 1.64. The van der Waals surface area contributed by atoms with Gasteiger partial charge in [0, 0.05) is 11.8 Å². The molecule has 5 N–H and O–H groups in total. The third-order valence-electron chi connectivity index (χ3n) is 3.73. The molecule has 2 aromatic heterocycles. The number of hydrazone groups is 2. The first kappa shape index (κ1) is 20.1. The lowest BCUT2D eigenvalue weighted by Crippen LogP contribution is -2.26. The predicted octanol–water partition coefficient (Wildman–Crippen LogP) is 0.996. The molecule has 0 fully saturated rings. The number of phenolic OH excluding ortho intramolecular Hbond substituents is 1. The second-order valence-corrected chi connectivity index (χ2v) is 5.82. The molecular weight excluding hydrogens is 386 g/mol. The van der Waals surface area contributed by atoms with Crippen LogP contribution in [0.25, 0.3) is 0 Å². The minimum absolute atomic E-state index is 0.0244. The number of pyridine rings is 2. The second kappa shape index (κ2) is 9.55. The van der Waals surface area contributed by atoms with Crippen molar-refractivity contribution in [1.29, 1.82) is 0 Å². The molecule has 0 spiro atoms. The van der Waals surface area contributed by atoms with Crippen LogP contribution in [0.5, 0.6) is 5.75 Å². The minimum atomic E-state index is -0.652. The van der Waals surface area contributed by atoms with Crippen LogP contribution in [-0.2, 0) is 0 Å². The average molecular weight is 403 g/mol. The first-order valence-corrected chi connectivity index (χ1v) is 8.68. The summed E-state index contributed by atoms with van der Waals surface area (Å²) in [5.74, 6) is -1.23. The molecule has 2 amide bonds. The van der Waals surface area contributed by atoms with Crippen LogP contribution in [0.4, 0.5) is 0 Å². The molecule has 0 aliphatic rings. The minimum Gasteiger partial charge on any atom is -0.507 e. The van der Waals surface area contributed by atoms with Crippen LogP contribution in [0, 0.1) is 0 Å². The highest BCUT2D eigenvalue weighted by Gasteiger charge is 2.12. The molecule has 1 aromatic carbocycles. The number of nitrogens with one attached hydrogen (secondary N) is 2. The summed E-state index contributed by atoms with van der Waals surface area (Å²) in [5.41, 5.74) is 11.1. The highest BCUT2D eigenvalue weighted by Crippen LogP contribution is 2.12. The van der Waals surface area contributed by atoms with Crippen molar-refractivity contribution in [2.75, 3.05) is 0 Å². The molecule has 0 unspecified atom stereocenters. The van der Waals surface area contributed by atoms with Gasteiger partial charge in [-0.2, -0.15) is 10.2 Å². The maximum atomic E-state index is 12.2. The van der Waals surface area contributed by atoms with E-state index >= 15 is 0 Å². The van der Waals surface area contributed by atoms with Gasteiger partial charge in [0.2, 0.25) is 0 Å². The van der Waals surface area contributed by atoms with Gasteiger partial charge in [0.05, 0.1) is 6.21 Å². The first-order chi connectivity index (χ1) is 14.5. The number of nitrogens with zero attached hydrogens (tertiary/aromatic N) is 4. The van der Waals surface area contributed by atoms with Gasteiger partial charge in [-0.05, 0) is 36.4 Å². The van der Waals surface area contributed by atoms with E-state index in [1.54, 1.807) is 42.6 Å². The molecule has 0 saturated heterocycles.